The molecule has 0 heterocycles. The second-order valence-electron chi connectivity index (χ2n) is 12.8. The maximum atomic E-state index is 11.9. The van der Waals surface area contributed by atoms with E-state index in [1.807, 2.05) is 56.3 Å². The van der Waals surface area contributed by atoms with Gasteiger partial charge in [0.25, 0.3) is 0 Å². The molecule has 5 aromatic carbocycles. The fourth-order valence-electron chi connectivity index (χ4n) is 5.20. The Balaban J connectivity index is 0.000000180. The molecular formula is C45H39N3O6. The van der Waals surface area contributed by atoms with Gasteiger partial charge < -0.3 is 14.2 Å². The van der Waals surface area contributed by atoms with E-state index in [0.717, 1.165) is 42.7 Å². The van der Waals surface area contributed by atoms with Gasteiger partial charge in [0.1, 0.15) is 17.2 Å². The van der Waals surface area contributed by atoms with E-state index in [0.29, 0.717) is 45.1 Å². The lowest BCUT2D eigenvalue weighted by Crippen LogP contribution is -2.24. The zero-order chi connectivity index (χ0) is 38.9. The predicted molar refractivity (Wildman–Crippen MR) is 203 cm³/mol. The third kappa shape index (κ3) is 12.6. The minimum absolute atomic E-state index is 0.0387. The molecule has 54 heavy (non-hydrogen) atoms. The maximum absolute atomic E-state index is 11.9. The zero-order valence-electron chi connectivity index (χ0n) is 30.3. The van der Waals surface area contributed by atoms with Crippen LogP contribution in [0.15, 0.2) is 121 Å². The van der Waals surface area contributed by atoms with Crippen LogP contribution in [0.4, 0.5) is 0 Å². The molecule has 0 unspecified atom stereocenters. The third-order valence-electron chi connectivity index (χ3n) is 8.51. The van der Waals surface area contributed by atoms with Gasteiger partial charge in [-0.3, -0.25) is 4.79 Å². The summed E-state index contributed by atoms with van der Waals surface area (Å²) in [5.74, 6) is 1.21. The zero-order valence-corrected chi connectivity index (χ0v) is 30.3. The van der Waals surface area contributed by atoms with Crippen molar-refractivity contribution in [1.82, 2.24) is 0 Å². The van der Waals surface area contributed by atoms with Crippen molar-refractivity contribution in [1.29, 1.82) is 15.8 Å². The predicted octanol–water partition coefficient (Wildman–Crippen LogP) is 9.46. The Morgan fingerprint density at radius 1 is 0.481 bits per heavy atom. The summed E-state index contributed by atoms with van der Waals surface area (Å²) in [5.41, 5.74) is 4.82. The van der Waals surface area contributed by atoms with E-state index in [-0.39, 0.29) is 11.9 Å². The van der Waals surface area contributed by atoms with E-state index in [1.54, 1.807) is 97.1 Å². The molecule has 1 saturated carbocycles. The SMILES string of the molecule is CC1CCC(C(=O)Oc2ccc(C#N)cc2)CC1.Cc1ccc(C(=O)Oc2ccc(C#N)cc2)cc1.Cc1ccc(C(=O)Oc2ccc(C#N)cc2)cc1. The Bertz CT molecular complexity index is 2020. The molecular weight excluding hydrogens is 679 g/mol. The molecule has 0 aromatic heterocycles. The lowest BCUT2D eigenvalue weighted by atomic mass is 9.83. The van der Waals surface area contributed by atoms with Crippen LogP contribution in [-0.4, -0.2) is 17.9 Å². The van der Waals surface area contributed by atoms with Gasteiger partial charge >= 0.3 is 17.9 Å². The normalized spacial score (nSPS) is 14.1. The van der Waals surface area contributed by atoms with E-state index < -0.39 is 11.9 Å². The first-order valence-electron chi connectivity index (χ1n) is 17.4. The van der Waals surface area contributed by atoms with Gasteiger partial charge in [0.15, 0.2) is 0 Å². The highest BCUT2D eigenvalue weighted by Gasteiger charge is 2.25. The van der Waals surface area contributed by atoms with Gasteiger partial charge in [-0.05, 0) is 143 Å². The van der Waals surface area contributed by atoms with Crippen LogP contribution in [-0.2, 0) is 4.79 Å². The van der Waals surface area contributed by atoms with Crippen LogP contribution < -0.4 is 14.2 Å². The number of carbonyl (C=O) groups is 3. The molecule has 270 valence electrons. The van der Waals surface area contributed by atoms with Crippen molar-refractivity contribution in [2.24, 2.45) is 11.8 Å². The number of ether oxygens (including phenoxy) is 3. The highest BCUT2D eigenvalue weighted by molar-refractivity contribution is 5.91. The number of hydrogen-bond donors (Lipinski definition) is 0. The molecule has 0 radical (unpaired) electrons. The number of nitrogens with zero attached hydrogens (tertiary/aromatic N) is 3. The van der Waals surface area contributed by atoms with Crippen LogP contribution in [0.2, 0.25) is 0 Å². The molecule has 0 atom stereocenters. The standard InChI is InChI=1S/C15H17NO2.2C15H11NO2/c3*1-11-2-6-13(7-3-11)15(17)18-14-8-4-12(10-16)5-9-14/h4-5,8-9,11,13H,2-3,6-7H2,1H3;2*2-9H,1H3. The second-order valence-corrected chi connectivity index (χ2v) is 12.8. The van der Waals surface area contributed by atoms with Crippen LogP contribution >= 0.6 is 0 Å². The Labute approximate surface area is 315 Å². The van der Waals surface area contributed by atoms with Crippen molar-refractivity contribution >= 4 is 17.9 Å². The molecule has 1 aliphatic carbocycles. The molecule has 9 heteroatoms. The van der Waals surface area contributed by atoms with Crippen molar-refractivity contribution in [3.63, 3.8) is 0 Å². The molecule has 6 rings (SSSR count). The van der Waals surface area contributed by atoms with Gasteiger partial charge in [0.2, 0.25) is 0 Å². The molecule has 0 amide bonds. The maximum Gasteiger partial charge on any atom is 0.343 e. The second kappa shape index (κ2) is 20.1. The quantitative estimate of drug-likeness (QED) is 0.124. The molecule has 5 aromatic rings. The first kappa shape index (κ1) is 39.8. The first-order valence-corrected chi connectivity index (χ1v) is 17.4. The Morgan fingerprint density at radius 2 is 0.796 bits per heavy atom. The van der Waals surface area contributed by atoms with E-state index in [4.69, 9.17) is 30.0 Å². The topological polar surface area (TPSA) is 150 Å². The average Bonchev–Trinajstić information content (AvgIpc) is 3.20. The summed E-state index contributed by atoms with van der Waals surface area (Å²) in [6, 6.07) is 39.9. The van der Waals surface area contributed by atoms with Crippen LogP contribution in [0.5, 0.6) is 17.2 Å². The summed E-state index contributed by atoms with van der Waals surface area (Å²) in [5, 5.41) is 26.0. The fraction of sp³-hybridized carbons (Fsp3) is 0.200. The highest BCUT2D eigenvalue weighted by atomic mass is 16.5. The summed E-state index contributed by atoms with van der Waals surface area (Å²) in [6.07, 6.45) is 4.06. The number of rotatable bonds is 6. The van der Waals surface area contributed by atoms with Crippen LogP contribution in [0.1, 0.15) is 81.1 Å². The van der Waals surface area contributed by atoms with Gasteiger partial charge in [-0.25, -0.2) is 9.59 Å². The third-order valence-corrected chi connectivity index (χ3v) is 8.51. The van der Waals surface area contributed by atoms with E-state index in [9.17, 15) is 14.4 Å². The number of aryl methyl sites for hydroxylation is 2. The number of hydrogen-bond acceptors (Lipinski definition) is 9. The van der Waals surface area contributed by atoms with Gasteiger partial charge in [0, 0.05) is 0 Å². The molecule has 0 spiro atoms. The van der Waals surface area contributed by atoms with Gasteiger partial charge in [0.05, 0.1) is 51.9 Å². The van der Waals surface area contributed by atoms with E-state index in [1.165, 1.54) is 0 Å². The minimum Gasteiger partial charge on any atom is -0.426 e. The molecule has 0 saturated heterocycles. The summed E-state index contributed by atoms with van der Waals surface area (Å²) in [4.78, 5) is 35.5. The summed E-state index contributed by atoms with van der Waals surface area (Å²) in [6.45, 7) is 6.13. The summed E-state index contributed by atoms with van der Waals surface area (Å²) < 4.78 is 15.7. The monoisotopic (exact) mass is 717 g/mol. The lowest BCUT2D eigenvalue weighted by molar-refractivity contribution is -0.140. The van der Waals surface area contributed by atoms with Crippen LogP contribution in [0, 0.1) is 59.7 Å². The van der Waals surface area contributed by atoms with Crippen molar-refractivity contribution < 1.29 is 28.6 Å². The Kier molecular flexibility index (Phi) is 14.8. The molecule has 1 fully saturated rings. The number of carbonyl (C=O) groups excluding carboxylic acids is 3. The lowest BCUT2D eigenvalue weighted by Gasteiger charge is -2.24. The van der Waals surface area contributed by atoms with Crippen LogP contribution in [0.3, 0.4) is 0 Å². The van der Waals surface area contributed by atoms with E-state index >= 15 is 0 Å². The van der Waals surface area contributed by atoms with Crippen molar-refractivity contribution in [3.8, 4) is 35.5 Å². The van der Waals surface area contributed by atoms with Crippen molar-refractivity contribution in [3.05, 3.63) is 160 Å². The molecule has 0 bridgehead atoms. The first-order chi connectivity index (χ1) is 26.1. The van der Waals surface area contributed by atoms with Gasteiger partial charge in [-0.15, -0.1) is 0 Å². The number of benzene rings is 5. The van der Waals surface area contributed by atoms with Crippen molar-refractivity contribution in [2.45, 2.75) is 46.5 Å². The minimum atomic E-state index is -0.403. The Hall–Kier alpha value is -7.02. The summed E-state index contributed by atoms with van der Waals surface area (Å²) >= 11 is 0. The van der Waals surface area contributed by atoms with E-state index in [2.05, 4.69) is 6.92 Å². The fourth-order valence-corrected chi connectivity index (χ4v) is 5.20. The highest BCUT2D eigenvalue weighted by Crippen LogP contribution is 2.29. The molecule has 0 aliphatic heterocycles. The number of nitriles is 3. The van der Waals surface area contributed by atoms with Crippen LogP contribution in [0.25, 0.3) is 0 Å². The largest absolute Gasteiger partial charge is 0.426 e. The Morgan fingerprint density at radius 3 is 1.11 bits per heavy atom. The van der Waals surface area contributed by atoms with Gasteiger partial charge in [-0.2, -0.15) is 15.8 Å². The van der Waals surface area contributed by atoms with Crippen molar-refractivity contribution in [2.75, 3.05) is 0 Å². The molecule has 9 nitrogen and oxygen atoms in total. The van der Waals surface area contributed by atoms with Gasteiger partial charge in [-0.1, -0.05) is 42.3 Å². The average molecular weight is 718 g/mol. The molecule has 1 aliphatic rings. The number of esters is 3. The molecule has 0 N–H and O–H groups in total. The smallest absolute Gasteiger partial charge is 0.343 e. The summed E-state index contributed by atoms with van der Waals surface area (Å²) in [7, 11) is 0.